The van der Waals surface area contributed by atoms with Crippen LogP contribution in [0.2, 0.25) is 0 Å². The van der Waals surface area contributed by atoms with Crippen molar-refractivity contribution in [3.8, 4) is 11.1 Å². The smallest absolute Gasteiger partial charge is 0.230 e. The van der Waals surface area contributed by atoms with Crippen molar-refractivity contribution in [2.75, 3.05) is 27.2 Å². The average molecular weight is 406 g/mol. The molecule has 3 atom stereocenters. The Balaban J connectivity index is 1.62. The Labute approximate surface area is 179 Å². The highest BCUT2D eigenvalue weighted by molar-refractivity contribution is 5.86. The molecule has 2 aliphatic rings. The van der Waals surface area contributed by atoms with E-state index in [4.69, 9.17) is 0 Å². The van der Waals surface area contributed by atoms with Gasteiger partial charge in [-0.1, -0.05) is 37.3 Å². The summed E-state index contributed by atoms with van der Waals surface area (Å²) < 4.78 is 0. The third-order valence-corrected chi connectivity index (χ3v) is 6.64. The van der Waals surface area contributed by atoms with Crippen LogP contribution in [-0.2, 0) is 16.0 Å². The topological polar surface area (TPSA) is 53.5 Å². The van der Waals surface area contributed by atoms with Crippen LogP contribution in [0.4, 0.5) is 0 Å². The number of pyridine rings is 1. The van der Waals surface area contributed by atoms with Gasteiger partial charge in [-0.2, -0.15) is 0 Å². The van der Waals surface area contributed by atoms with Crippen LogP contribution in [0, 0.1) is 17.3 Å². The molecule has 0 unspecified atom stereocenters. The maximum Gasteiger partial charge on any atom is 0.230 e. The first-order chi connectivity index (χ1) is 14.4. The predicted octanol–water partition coefficient (Wildman–Crippen LogP) is 3.64. The van der Waals surface area contributed by atoms with Gasteiger partial charge < -0.3 is 9.80 Å². The van der Waals surface area contributed by atoms with Crippen molar-refractivity contribution < 1.29 is 9.59 Å². The van der Waals surface area contributed by atoms with E-state index in [1.54, 1.807) is 11.1 Å². The van der Waals surface area contributed by atoms with Crippen LogP contribution in [0.15, 0.2) is 48.8 Å². The maximum absolute atomic E-state index is 13.4. The molecule has 2 fully saturated rings. The Bertz CT molecular complexity index is 927. The van der Waals surface area contributed by atoms with E-state index in [1.807, 2.05) is 43.4 Å². The Hall–Kier alpha value is -2.69. The lowest BCUT2D eigenvalue weighted by Gasteiger charge is -2.43. The van der Waals surface area contributed by atoms with E-state index in [1.165, 1.54) is 0 Å². The first kappa shape index (κ1) is 20.6. The molecule has 0 radical (unpaired) electrons. The molecule has 5 nitrogen and oxygen atoms in total. The summed E-state index contributed by atoms with van der Waals surface area (Å²) in [5.41, 5.74) is 2.73. The summed E-state index contributed by atoms with van der Waals surface area (Å²) in [6.45, 7) is 3.41. The van der Waals surface area contributed by atoms with Gasteiger partial charge in [0.05, 0.1) is 5.41 Å². The minimum absolute atomic E-state index is 0.121. The van der Waals surface area contributed by atoms with Gasteiger partial charge >= 0.3 is 0 Å². The molecule has 2 heterocycles. The first-order valence-electron chi connectivity index (χ1n) is 10.9. The SMILES string of the molecule is C[C@@H]1C[C@@H]1C(=O)N1CCC[C@](Cc2cccc(-c3cccnc3)c2)(C(=O)N(C)C)C1. The fourth-order valence-corrected chi connectivity index (χ4v) is 4.87. The van der Waals surface area contributed by atoms with Crippen molar-refractivity contribution in [1.82, 2.24) is 14.8 Å². The summed E-state index contributed by atoms with van der Waals surface area (Å²) in [5.74, 6) is 0.997. The molecule has 1 aromatic heterocycles. The molecule has 0 bridgehead atoms. The highest BCUT2D eigenvalue weighted by Gasteiger charge is 2.48. The van der Waals surface area contributed by atoms with Gasteiger partial charge in [-0.05, 0) is 54.4 Å². The number of hydrogen-bond donors (Lipinski definition) is 0. The summed E-state index contributed by atoms with van der Waals surface area (Å²) in [5, 5.41) is 0. The molecule has 1 aliphatic carbocycles. The third kappa shape index (κ3) is 4.11. The number of rotatable bonds is 5. The van der Waals surface area contributed by atoms with Gasteiger partial charge in [-0.25, -0.2) is 0 Å². The monoisotopic (exact) mass is 405 g/mol. The van der Waals surface area contributed by atoms with E-state index in [2.05, 4.69) is 30.1 Å². The molecule has 1 saturated carbocycles. The van der Waals surface area contributed by atoms with Gasteiger partial charge in [-0.15, -0.1) is 0 Å². The highest BCUT2D eigenvalue weighted by Crippen LogP contribution is 2.42. The number of carbonyl (C=O) groups is 2. The van der Waals surface area contributed by atoms with E-state index < -0.39 is 5.41 Å². The van der Waals surface area contributed by atoms with E-state index in [9.17, 15) is 9.59 Å². The second-order valence-electron chi connectivity index (χ2n) is 9.28. The van der Waals surface area contributed by atoms with Crippen LogP contribution in [-0.4, -0.2) is 53.8 Å². The normalized spacial score (nSPS) is 25.6. The van der Waals surface area contributed by atoms with Crippen LogP contribution >= 0.6 is 0 Å². The van der Waals surface area contributed by atoms with E-state index >= 15 is 0 Å². The lowest BCUT2D eigenvalue weighted by molar-refractivity contribution is -0.147. The highest BCUT2D eigenvalue weighted by atomic mass is 16.2. The summed E-state index contributed by atoms with van der Waals surface area (Å²) in [7, 11) is 3.64. The molecule has 4 rings (SSSR count). The van der Waals surface area contributed by atoms with Crippen LogP contribution in [0.5, 0.6) is 0 Å². The average Bonchev–Trinajstić information content (AvgIpc) is 3.50. The lowest BCUT2D eigenvalue weighted by Crippen LogP contribution is -2.54. The van der Waals surface area contributed by atoms with Gasteiger partial charge in [0, 0.05) is 45.5 Å². The van der Waals surface area contributed by atoms with Gasteiger partial charge in [0.25, 0.3) is 0 Å². The molecule has 1 saturated heterocycles. The van der Waals surface area contributed by atoms with Crippen LogP contribution in [0.1, 0.15) is 31.7 Å². The number of amides is 2. The molecular formula is C25H31N3O2. The quantitative estimate of drug-likeness (QED) is 0.763. The Morgan fingerprint density at radius 3 is 2.63 bits per heavy atom. The molecule has 5 heteroatoms. The van der Waals surface area contributed by atoms with Gasteiger partial charge in [0.2, 0.25) is 11.8 Å². The zero-order valence-electron chi connectivity index (χ0n) is 18.2. The molecule has 0 spiro atoms. The Morgan fingerprint density at radius 1 is 1.20 bits per heavy atom. The molecule has 2 aromatic rings. The number of benzene rings is 1. The summed E-state index contributed by atoms with van der Waals surface area (Å²) in [6, 6.07) is 12.3. The van der Waals surface area contributed by atoms with Crippen molar-refractivity contribution in [3.05, 3.63) is 54.4 Å². The van der Waals surface area contributed by atoms with Crippen molar-refractivity contribution in [2.24, 2.45) is 17.3 Å². The fraction of sp³-hybridized carbons (Fsp3) is 0.480. The number of piperidine rings is 1. The van der Waals surface area contributed by atoms with E-state index in [0.717, 1.165) is 42.5 Å². The molecule has 1 aromatic carbocycles. The molecule has 2 amide bonds. The molecule has 1 aliphatic heterocycles. The van der Waals surface area contributed by atoms with Gasteiger partial charge in [0.15, 0.2) is 0 Å². The number of carbonyl (C=O) groups excluding carboxylic acids is 2. The number of aromatic nitrogens is 1. The number of nitrogens with zero attached hydrogens (tertiary/aromatic N) is 3. The van der Waals surface area contributed by atoms with Crippen LogP contribution in [0.3, 0.4) is 0 Å². The number of hydrogen-bond acceptors (Lipinski definition) is 3. The Kier molecular flexibility index (Phi) is 5.63. The van der Waals surface area contributed by atoms with Gasteiger partial charge in [0.1, 0.15) is 0 Å². The van der Waals surface area contributed by atoms with Crippen molar-refractivity contribution in [2.45, 2.75) is 32.6 Å². The summed E-state index contributed by atoms with van der Waals surface area (Å²) >= 11 is 0. The second kappa shape index (κ2) is 8.21. The summed E-state index contributed by atoms with van der Waals surface area (Å²) in [4.78, 5) is 34.2. The standard InChI is InChI=1S/C25H31N3O2/c1-18-13-22(18)23(29)28-12-6-10-25(17-28,24(30)27(2)3)15-19-7-4-8-20(14-19)21-9-5-11-26-16-21/h4-5,7-9,11,14,16,18,22H,6,10,12-13,15,17H2,1-3H3/t18-,22+,25-/m1/s1. The van der Waals surface area contributed by atoms with Crippen molar-refractivity contribution in [3.63, 3.8) is 0 Å². The molecular weight excluding hydrogens is 374 g/mol. The van der Waals surface area contributed by atoms with Crippen LogP contribution < -0.4 is 0 Å². The van der Waals surface area contributed by atoms with Gasteiger partial charge in [-0.3, -0.25) is 14.6 Å². The predicted molar refractivity (Wildman–Crippen MR) is 118 cm³/mol. The Morgan fingerprint density at radius 2 is 1.97 bits per heavy atom. The van der Waals surface area contributed by atoms with Crippen molar-refractivity contribution >= 4 is 11.8 Å². The number of likely N-dealkylation sites (tertiary alicyclic amines) is 1. The lowest BCUT2D eigenvalue weighted by atomic mass is 9.73. The second-order valence-corrected chi connectivity index (χ2v) is 9.28. The van der Waals surface area contributed by atoms with Crippen molar-refractivity contribution in [1.29, 1.82) is 0 Å². The molecule has 158 valence electrons. The molecule has 0 N–H and O–H groups in total. The largest absolute Gasteiger partial charge is 0.348 e. The minimum Gasteiger partial charge on any atom is -0.348 e. The van der Waals surface area contributed by atoms with E-state index in [0.29, 0.717) is 18.9 Å². The first-order valence-corrected chi connectivity index (χ1v) is 10.9. The fourth-order valence-electron chi connectivity index (χ4n) is 4.87. The zero-order valence-corrected chi connectivity index (χ0v) is 18.2. The third-order valence-electron chi connectivity index (χ3n) is 6.64. The molecule has 30 heavy (non-hydrogen) atoms. The maximum atomic E-state index is 13.4. The van der Waals surface area contributed by atoms with E-state index in [-0.39, 0.29) is 17.7 Å². The zero-order chi connectivity index (χ0) is 21.3. The van der Waals surface area contributed by atoms with Crippen LogP contribution in [0.25, 0.3) is 11.1 Å². The minimum atomic E-state index is -0.566. The summed E-state index contributed by atoms with van der Waals surface area (Å²) in [6.07, 6.45) is 6.93.